The first-order chi connectivity index (χ1) is 17.6. The minimum absolute atomic E-state index is 0.00817. The third-order valence-corrected chi connectivity index (χ3v) is 6.41. The van der Waals surface area contributed by atoms with Gasteiger partial charge in [-0.1, -0.05) is 56.4 Å². The van der Waals surface area contributed by atoms with Crippen molar-refractivity contribution in [2.75, 3.05) is 5.32 Å². The van der Waals surface area contributed by atoms with Crippen molar-refractivity contribution in [1.82, 2.24) is 14.8 Å². The van der Waals surface area contributed by atoms with Crippen molar-refractivity contribution < 1.29 is 14.4 Å². The summed E-state index contributed by atoms with van der Waals surface area (Å²) in [5.74, 6) is -1.21. The number of carbonyl (C=O) groups excluding carboxylic acids is 2. The third kappa shape index (κ3) is 6.19. The molecule has 3 N–H and O–H groups in total. The Labute approximate surface area is 237 Å². The van der Waals surface area contributed by atoms with Crippen molar-refractivity contribution in [3.05, 3.63) is 102 Å². The van der Waals surface area contributed by atoms with Crippen LogP contribution in [0.15, 0.2) is 75.0 Å². The van der Waals surface area contributed by atoms with Crippen molar-refractivity contribution >= 4 is 78.5 Å². The molecule has 9 nitrogen and oxygen atoms in total. The first-order valence-corrected chi connectivity index (χ1v) is 12.8. The lowest BCUT2D eigenvalue weighted by atomic mass is 10.1. The number of hydrogen-bond donors (Lipinski definition) is 2. The number of nitrogens with one attached hydrogen (secondary N) is 1. The highest BCUT2D eigenvalue weighted by Gasteiger charge is 2.23. The van der Waals surface area contributed by atoms with Crippen molar-refractivity contribution in [1.29, 1.82) is 0 Å². The number of pyridine rings is 1. The predicted octanol–water partition coefficient (Wildman–Crippen LogP) is 6.14. The van der Waals surface area contributed by atoms with E-state index in [2.05, 4.69) is 52.4 Å². The lowest BCUT2D eigenvalue weighted by molar-refractivity contribution is 0.0517. The SMILES string of the molecule is Cc1cc(Cl)cc(C(=O)O/N=C(/N)c2ccc(Br)cc2)c1NC(=O)c1cc(Br)nn1-c1ncccc1Cl. The molecule has 0 bridgehead atoms. The number of halogens is 4. The van der Waals surface area contributed by atoms with Crippen molar-refractivity contribution in [2.24, 2.45) is 10.9 Å². The zero-order chi connectivity index (χ0) is 26.7. The topological polar surface area (TPSA) is 124 Å². The van der Waals surface area contributed by atoms with E-state index in [0.717, 1.165) is 4.47 Å². The van der Waals surface area contributed by atoms with Gasteiger partial charge in [-0.2, -0.15) is 5.10 Å². The number of rotatable bonds is 6. The van der Waals surface area contributed by atoms with Crippen LogP contribution >= 0.6 is 55.1 Å². The Kier molecular flexibility index (Phi) is 8.28. The Morgan fingerprint density at radius 2 is 1.84 bits per heavy atom. The Hall–Kier alpha value is -3.25. The molecule has 37 heavy (non-hydrogen) atoms. The molecule has 0 radical (unpaired) electrons. The first-order valence-electron chi connectivity index (χ1n) is 10.4. The van der Waals surface area contributed by atoms with Crippen LogP contribution in [0.1, 0.15) is 32.0 Å². The van der Waals surface area contributed by atoms with Crippen LogP contribution in [0.3, 0.4) is 0 Å². The average molecular weight is 667 g/mol. The summed E-state index contributed by atoms with van der Waals surface area (Å²) in [7, 11) is 0. The molecule has 0 aliphatic heterocycles. The maximum atomic E-state index is 13.3. The maximum absolute atomic E-state index is 13.3. The van der Waals surface area contributed by atoms with E-state index >= 15 is 0 Å². The standard InChI is InChI=1S/C24H16Br2Cl2N6O3/c1-12-9-15(27)10-16(24(36)37-33-21(29)13-4-6-14(25)7-5-13)20(12)31-23(35)18-11-19(26)32-34(18)22-17(28)3-2-8-30-22/h2-11H,1H3,(H2,29,33)(H,31,35). The molecule has 0 saturated carbocycles. The Bertz CT molecular complexity index is 1540. The van der Waals surface area contributed by atoms with Crippen LogP contribution in [-0.4, -0.2) is 32.5 Å². The molecule has 2 aromatic carbocycles. The summed E-state index contributed by atoms with van der Waals surface area (Å²) >= 11 is 19.1. The van der Waals surface area contributed by atoms with Crippen molar-refractivity contribution in [3.8, 4) is 5.82 Å². The van der Waals surface area contributed by atoms with E-state index in [9.17, 15) is 9.59 Å². The molecule has 0 atom stereocenters. The van der Waals surface area contributed by atoms with Crippen LogP contribution in [0.2, 0.25) is 10.0 Å². The summed E-state index contributed by atoms with van der Waals surface area (Å²) < 4.78 is 2.52. The average Bonchev–Trinajstić information content (AvgIpc) is 3.25. The number of amidine groups is 1. The maximum Gasteiger partial charge on any atom is 0.367 e. The molecule has 4 rings (SSSR count). The Morgan fingerprint density at radius 1 is 1.11 bits per heavy atom. The minimum atomic E-state index is -0.872. The summed E-state index contributed by atoms with van der Waals surface area (Å²) in [4.78, 5) is 35.6. The number of amides is 1. The van der Waals surface area contributed by atoms with Gasteiger partial charge in [-0.25, -0.2) is 14.5 Å². The fraction of sp³-hybridized carbons (Fsp3) is 0.0417. The van der Waals surface area contributed by atoms with E-state index in [1.165, 1.54) is 23.0 Å². The largest absolute Gasteiger partial charge is 0.380 e. The second-order valence-electron chi connectivity index (χ2n) is 7.53. The van der Waals surface area contributed by atoms with Gasteiger partial charge in [0, 0.05) is 27.3 Å². The Morgan fingerprint density at radius 3 is 2.54 bits per heavy atom. The van der Waals surface area contributed by atoms with Gasteiger partial charge in [0.25, 0.3) is 5.91 Å². The van der Waals surface area contributed by atoms with E-state index in [1.54, 1.807) is 49.4 Å². The summed E-state index contributed by atoms with van der Waals surface area (Å²) in [5, 5.41) is 11.3. The van der Waals surface area contributed by atoms with Crippen molar-refractivity contribution in [2.45, 2.75) is 6.92 Å². The quantitative estimate of drug-likeness (QED) is 0.110. The second kappa shape index (κ2) is 11.4. The molecule has 1 amide bonds. The van der Waals surface area contributed by atoms with Crippen molar-refractivity contribution in [3.63, 3.8) is 0 Å². The van der Waals surface area contributed by atoms with Gasteiger partial charge in [0.05, 0.1) is 16.3 Å². The van der Waals surface area contributed by atoms with E-state index in [-0.39, 0.29) is 33.6 Å². The summed E-state index contributed by atoms with van der Waals surface area (Å²) in [6.07, 6.45) is 1.52. The number of nitrogens with zero attached hydrogens (tertiary/aromatic N) is 4. The van der Waals surface area contributed by atoms with Crippen LogP contribution in [0.25, 0.3) is 5.82 Å². The molecule has 13 heteroatoms. The fourth-order valence-electron chi connectivity index (χ4n) is 3.27. The number of hydrogen-bond acceptors (Lipinski definition) is 6. The van der Waals surface area contributed by atoms with Crippen LogP contribution < -0.4 is 11.1 Å². The van der Waals surface area contributed by atoms with Crippen LogP contribution in [0, 0.1) is 6.92 Å². The van der Waals surface area contributed by atoms with Gasteiger partial charge in [-0.15, -0.1) is 0 Å². The number of carbonyl (C=O) groups is 2. The van der Waals surface area contributed by atoms with E-state index in [4.69, 9.17) is 33.8 Å². The first kappa shape index (κ1) is 26.8. The van der Waals surface area contributed by atoms with Crippen LogP contribution in [0.5, 0.6) is 0 Å². The summed E-state index contributed by atoms with van der Waals surface area (Å²) in [5.41, 5.74) is 7.27. The van der Waals surface area contributed by atoms with Crippen LogP contribution in [0.4, 0.5) is 5.69 Å². The highest BCUT2D eigenvalue weighted by Crippen LogP contribution is 2.28. The molecule has 0 aliphatic carbocycles. The molecule has 188 valence electrons. The molecular weight excluding hydrogens is 651 g/mol. The van der Waals surface area contributed by atoms with E-state index in [1.807, 2.05) is 0 Å². The zero-order valence-electron chi connectivity index (χ0n) is 18.9. The van der Waals surface area contributed by atoms with Gasteiger partial charge in [-0.05, 0) is 64.8 Å². The monoisotopic (exact) mass is 664 g/mol. The Balaban J connectivity index is 1.64. The highest BCUT2D eigenvalue weighted by molar-refractivity contribution is 9.10. The number of nitrogens with two attached hydrogens (primary N) is 1. The number of oxime groups is 1. The molecule has 0 fully saturated rings. The second-order valence-corrected chi connectivity index (χ2v) is 10.1. The smallest absolute Gasteiger partial charge is 0.367 e. The minimum Gasteiger partial charge on any atom is -0.380 e. The van der Waals surface area contributed by atoms with Gasteiger partial charge >= 0.3 is 5.97 Å². The highest BCUT2D eigenvalue weighted by atomic mass is 79.9. The van der Waals surface area contributed by atoms with E-state index in [0.29, 0.717) is 20.8 Å². The number of anilines is 1. The van der Waals surface area contributed by atoms with E-state index < -0.39 is 11.9 Å². The van der Waals surface area contributed by atoms with Gasteiger partial charge in [-0.3, -0.25) is 4.79 Å². The lowest BCUT2D eigenvalue weighted by Gasteiger charge is -2.14. The molecule has 0 spiro atoms. The number of aromatic nitrogens is 3. The fourth-order valence-corrected chi connectivity index (χ4v) is 4.38. The molecule has 4 aromatic rings. The molecule has 0 saturated heterocycles. The lowest BCUT2D eigenvalue weighted by Crippen LogP contribution is -2.20. The predicted molar refractivity (Wildman–Crippen MR) is 148 cm³/mol. The third-order valence-electron chi connectivity index (χ3n) is 4.98. The molecule has 0 aliphatic rings. The molecule has 0 unspecified atom stereocenters. The molecular formula is C24H16Br2Cl2N6O3. The summed E-state index contributed by atoms with van der Waals surface area (Å²) in [6.45, 7) is 1.68. The number of aryl methyl sites for hydroxylation is 1. The number of benzene rings is 2. The normalized spacial score (nSPS) is 11.3. The molecule has 2 heterocycles. The zero-order valence-corrected chi connectivity index (χ0v) is 23.6. The van der Waals surface area contributed by atoms with Gasteiger partial charge in [0.1, 0.15) is 10.3 Å². The van der Waals surface area contributed by atoms with Gasteiger partial charge in [0.2, 0.25) is 0 Å². The van der Waals surface area contributed by atoms with Crippen LogP contribution in [-0.2, 0) is 4.84 Å². The molecule has 2 aromatic heterocycles. The van der Waals surface area contributed by atoms with Gasteiger partial charge in [0.15, 0.2) is 11.7 Å². The summed E-state index contributed by atoms with van der Waals surface area (Å²) in [6, 6.07) is 14.7. The van der Waals surface area contributed by atoms with Gasteiger partial charge < -0.3 is 15.9 Å².